The van der Waals surface area contributed by atoms with Crippen molar-refractivity contribution in [3.63, 3.8) is 0 Å². The second kappa shape index (κ2) is 3.95. The summed E-state index contributed by atoms with van der Waals surface area (Å²) < 4.78 is 0. The molecular weight excluding hydrogens is 244 g/mol. The summed E-state index contributed by atoms with van der Waals surface area (Å²) in [5.41, 5.74) is 2.19. The summed E-state index contributed by atoms with van der Waals surface area (Å²) >= 11 is 0. The van der Waals surface area contributed by atoms with Gasteiger partial charge >= 0.3 is 11.9 Å². The van der Waals surface area contributed by atoms with Crippen molar-refractivity contribution in [2.45, 2.75) is 6.42 Å². The molecule has 0 bridgehead atoms. The zero-order valence-corrected chi connectivity index (χ0v) is 9.88. The quantitative estimate of drug-likeness (QED) is 0.863. The van der Waals surface area contributed by atoms with Crippen LogP contribution >= 0.6 is 0 Å². The molecule has 0 unspecified atom stereocenters. The number of benzene rings is 2. The van der Waals surface area contributed by atoms with Gasteiger partial charge in [-0.1, -0.05) is 24.3 Å². The first-order valence-electron chi connectivity index (χ1n) is 5.79. The lowest BCUT2D eigenvalue weighted by Crippen LogP contribution is -2.09. The Balaban J connectivity index is 2.37. The van der Waals surface area contributed by atoms with Crippen LogP contribution in [0, 0.1) is 0 Å². The Kier molecular flexibility index (Phi) is 2.38. The van der Waals surface area contributed by atoms with Crippen molar-refractivity contribution in [2.75, 3.05) is 0 Å². The fourth-order valence-electron chi connectivity index (χ4n) is 2.55. The fraction of sp³-hybridized carbons (Fsp3) is 0.0667. The monoisotopic (exact) mass is 254 g/mol. The zero-order chi connectivity index (χ0) is 13.6. The molecule has 19 heavy (non-hydrogen) atoms. The summed E-state index contributed by atoms with van der Waals surface area (Å²) in [5.74, 6) is -1.92. The van der Waals surface area contributed by atoms with Gasteiger partial charge in [0.1, 0.15) is 0 Å². The number of hydrogen-bond acceptors (Lipinski definition) is 2. The molecule has 94 valence electrons. The Morgan fingerprint density at radius 1 is 1.00 bits per heavy atom. The number of rotatable bonds is 2. The third-order valence-electron chi connectivity index (χ3n) is 3.37. The first-order chi connectivity index (χ1) is 9.08. The highest BCUT2D eigenvalue weighted by atomic mass is 16.4. The Labute approximate surface area is 108 Å². The van der Waals surface area contributed by atoms with Crippen molar-refractivity contribution >= 4 is 28.8 Å². The van der Waals surface area contributed by atoms with Crippen LogP contribution in [-0.2, 0) is 11.2 Å². The van der Waals surface area contributed by atoms with Crippen molar-refractivity contribution in [3.05, 3.63) is 52.6 Å². The maximum Gasteiger partial charge on any atom is 0.336 e. The van der Waals surface area contributed by atoms with E-state index in [1.54, 1.807) is 24.3 Å². The molecule has 0 fully saturated rings. The van der Waals surface area contributed by atoms with Gasteiger partial charge in [0.25, 0.3) is 0 Å². The van der Waals surface area contributed by atoms with Crippen LogP contribution in [0.1, 0.15) is 21.5 Å². The number of carbonyl (C=O) groups is 2. The molecule has 0 aromatic heterocycles. The summed E-state index contributed by atoms with van der Waals surface area (Å²) in [7, 11) is 0. The van der Waals surface area contributed by atoms with Crippen LogP contribution in [0.5, 0.6) is 0 Å². The first kappa shape index (κ1) is 11.5. The molecule has 4 nitrogen and oxygen atoms in total. The van der Waals surface area contributed by atoms with Crippen molar-refractivity contribution in [3.8, 4) is 0 Å². The topological polar surface area (TPSA) is 74.6 Å². The van der Waals surface area contributed by atoms with Gasteiger partial charge < -0.3 is 10.2 Å². The molecule has 2 aromatic carbocycles. The van der Waals surface area contributed by atoms with Crippen molar-refractivity contribution in [1.29, 1.82) is 0 Å². The first-order valence-corrected chi connectivity index (χ1v) is 5.79. The normalized spacial score (nSPS) is 13.2. The maximum absolute atomic E-state index is 11.2. The van der Waals surface area contributed by atoms with E-state index in [1.165, 1.54) is 6.07 Å². The Hall–Kier alpha value is -2.62. The van der Waals surface area contributed by atoms with E-state index in [0.717, 1.165) is 16.5 Å². The SMILES string of the molecule is O=C(O)C1=Cc2ccc(C(=O)O)c3cccc(c23)C1. The molecule has 0 aliphatic heterocycles. The number of aliphatic carboxylic acids is 1. The summed E-state index contributed by atoms with van der Waals surface area (Å²) in [4.78, 5) is 22.3. The third-order valence-corrected chi connectivity index (χ3v) is 3.37. The summed E-state index contributed by atoms with van der Waals surface area (Å²) in [6.07, 6.45) is 1.94. The van der Waals surface area contributed by atoms with E-state index >= 15 is 0 Å². The highest BCUT2D eigenvalue weighted by Crippen LogP contribution is 2.33. The van der Waals surface area contributed by atoms with Gasteiger partial charge in [0, 0.05) is 12.0 Å². The summed E-state index contributed by atoms with van der Waals surface area (Å²) in [5, 5.41) is 19.8. The molecule has 3 rings (SSSR count). The second-order valence-electron chi connectivity index (χ2n) is 4.50. The predicted molar refractivity (Wildman–Crippen MR) is 70.2 cm³/mol. The van der Waals surface area contributed by atoms with Crippen LogP contribution in [-0.4, -0.2) is 22.2 Å². The van der Waals surface area contributed by atoms with Gasteiger partial charge in [-0.2, -0.15) is 0 Å². The molecule has 2 N–H and O–H groups in total. The number of carboxylic acid groups (broad SMARTS) is 2. The van der Waals surface area contributed by atoms with E-state index in [1.807, 2.05) is 6.07 Å². The average molecular weight is 254 g/mol. The van der Waals surface area contributed by atoms with Gasteiger partial charge in [-0.25, -0.2) is 9.59 Å². The lowest BCUT2D eigenvalue weighted by molar-refractivity contribution is -0.132. The van der Waals surface area contributed by atoms with Gasteiger partial charge in [0.15, 0.2) is 0 Å². The molecule has 0 saturated carbocycles. The smallest absolute Gasteiger partial charge is 0.336 e. The van der Waals surface area contributed by atoms with Gasteiger partial charge in [-0.05, 0) is 34.0 Å². The van der Waals surface area contributed by atoms with Crippen LogP contribution < -0.4 is 0 Å². The van der Waals surface area contributed by atoms with Gasteiger partial charge in [-0.3, -0.25) is 0 Å². The Bertz CT molecular complexity index is 756. The average Bonchev–Trinajstić information content (AvgIpc) is 2.38. The Morgan fingerprint density at radius 3 is 2.47 bits per heavy atom. The summed E-state index contributed by atoms with van der Waals surface area (Å²) in [6.45, 7) is 0. The van der Waals surface area contributed by atoms with E-state index in [-0.39, 0.29) is 5.56 Å². The number of aromatic carboxylic acids is 1. The van der Waals surface area contributed by atoms with Crippen LogP contribution in [0.3, 0.4) is 0 Å². The molecule has 0 saturated heterocycles. The van der Waals surface area contributed by atoms with E-state index in [9.17, 15) is 14.7 Å². The largest absolute Gasteiger partial charge is 0.478 e. The molecule has 0 radical (unpaired) electrons. The van der Waals surface area contributed by atoms with Gasteiger partial charge in [-0.15, -0.1) is 0 Å². The van der Waals surface area contributed by atoms with E-state index in [0.29, 0.717) is 17.4 Å². The van der Waals surface area contributed by atoms with Crippen LogP contribution in [0.25, 0.3) is 16.8 Å². The lowest BCUT2D eigenvalue weighted by Gasteiger charge is -2.16. The van der Waals surface area contributed by atoms with Crippen LogP contribution in [0.15, 0.2) is 35.9 Å². The maximum atomic E-state index is 11.2. The minimum atomic E-state index is -0.975. The number of carboxylic acids is 2. The van der Waals surface area contributed by atoms with Gasteiger partial charge in [0.2, 0.25) is 0 Å². The summed E-state index contributed by atoms with van der Waals surface area (Å²) in [6, 6.07) is 8.54. The molecule has 0 atom stereocenters. The molecule has 0 heterocycles. The molecule has 1 aliphatic carbocycles. The molecule has 1 aliphatic rings. The van der Waals surface area contributed by atoms with Crippen LogP contribution in [0.2, 0.25) is 0 Å². The van der Waals surface area contributed by atoms with E-state index in [4.69, 9.17) is 5.11 Å². The standard InChI is InChI=1S/C15H10O4/c16-14(17)10-6-8-2-1-3-11-12(15(18)19)5-4-9(7-10)13(8)11/h1-5,7H,6H2,(H,16,17)(H,18,19). The lowest BCUT2D eigenvalue weighted by atomic mass is 9.87. The number of hydrogen-bond donors (Lipinski definition) is 2. The van der Waals surface area contributed by atoms with Gasteiger partial charge in [0.05, 0.1) is 5.56 Å². The second-order valence-corrected chi connectivity index (χ2v) is 4.50. The zero-order valence-electron chi connectivity index (χ0n) is 9.88. The highest BCUT2D eigenvalue weighted by Gasteiger charge is 2.20. The fourth-order valence-corrected chi connectivity index (χ4v) is 2.55. The van der Waals surface area contributed by atoms with Crippen molar-refractivity contribution < 1.29 is 19.8 Å². The molecule has 2 aromatic rings. The van der Waals surface area contributed by atoms with Crippen LogP contribution in [0.4, 0.5) is 0 Å². The van der Waals surface area contributed by atoms with Crippen molar-refractivity contribution in [1.82, 2.24) is 0 Å². The molecule has 0 spiro atoms. The van der Waals surface area contributed by atoms with E-state index < -0.39 is 11.9 Å². The highest BCUT2D eigenvalue weighted by molar-refractivity contribution is 6.10. The molecule has 4 heteroatoms. The Morgan fingerprint density at radius 2 is 1.79 bits per heavy atom. The predicted octanol–water partition coefficient (Wildman–Crippen LogP) is 2.56. The minimum absolute atomic E-state index is 0.243. The minimum Gasteiger partial charge on any atom is -0.478 e. The van der Waals surface area contributed by atoms with Crippen molar-refractivity contribution in [2.24, 2.45) is 0 Å². The van der Waals surface area contributed by atoms with E-state index in [2.05, 4.69) is 0 Å². The molecular formula is C15H10O4. The molecule has 0 amide bonds. The third kappa shape index (κ3) is 1.69.